The zero-order valence-corrected chi connectivity index (χ0v) is 10.3. The van der Waals surface area contributed by atoms with E-state index in [0.29, 0.717) is 12.5 Å². The highest BCUT2D eigenvalue weighted by atomic mass is 16.1. The molecule has 0 aromatic heterocycles. The van der Waals surface area contributed by atoms with Gasteiger partial charge in [0.1, 0.15) is 0 Å². The van der Waals surface area contributed by atoms with E-state index in [1.807, 2.05) is 24.3 Å². The van der Waals surface area contributed by atoms with E-state index in [0.717, 1.165) is 17.2 Å². The van der Waals surface area contributed by atoms with E-state index in [4.69, 9.17) is 5.73 Å². The van der Waals surface area contributed by atoms with Gasteiger partial charge in [0.25, 0.3) is 0 Å². The molecule has 92 valence electrons. The minimum absolute atomic E-state index is 0.282. The van der Waals surface area contributed by atoms with Crippen molar-refractivity contribution in [3.8, 4) is 0 Å². The van der Waals surface area contributed by atoms with Crippen LogP contribution in [0.1, 0.15) is 31.7 Å². The van der Waals surface area contributed by atoms with Crippen molar-refractivity contribution in [1.29, 1.82) is 0 Å². The van der Waals surface area contributed by atoms with Crippen molar-refractivity contribution in [2.24, 2.45) is 11.7 Å². The molecule has 1 aliphatic carbocycles. The third-order valence-corrected chi connectivity index (χ3v) is 3.55. The molecule has 0 aliphatic heterocycles. The molecule has 17 heavy (non-hydrogen) atoms. The number of rotatable bonds is 4. The second-order valence-electron chi connectivity index (χ2n) is 5.00. The van der Waals surface area contributed by atoms with E-state index in [1.165, 1.54) is 19.3 Å². The number of amides is 1. The maximum Gasteiger partial charge on any atom is 0.221 e. The fourth-order valence-electron chi connectivity index (χ4n) is 2.49. The Morgan fingerprint density at radius 1 is 1.35 bits per heavy atom. The molecule has 0 saturated heterocycles. The second-order valence-corrected chi connectivity index (χ2v) is 5.00. The second kappa shape index (κ2) is 5.21. The van der Waals surface area contributed by atoms with Crippen LogP contribution in [0.3, 0.4) is 0 Å². The summed E-state index contributed by atoms with van der Waals surface area (Å²) in [5, 5.41) is 3.55. The number of primary amides is 1. The maximum atomic E-state index is 10.8. The summed E-state index contributed by atoms with van der Waals surface area (Å²) in [6, 6.07) is 8.59. The van der Waals surface area contributed by atoms with Crippen LogP contribution in [0.5, 0.6) is 0 Å². The van der Waals surface area contributed by atoms with Gasteiger partial charge in [-0.05, 0) is 36.5 Å². The molecule has 0 radical (unpaired) electrons. The predicted molar refractivity (Wildman–Crippen MR) is 69.8 cm³/mol. The van der Waals surface area contributed by atoms with Crippen LogP contribution in [0.2, 0.25) is 0 Å². The first-order valence-corrected chi connectivity index (χ1v) is 6.29. The van der Waals surface area contributed by atoms with E-state index >= 15 is 0 Å². The molecule has 0 bridgehead atoms. The van der Waals surface area contributed by atoms with Gasteiger partial charge in [0, 0.05) is 11.7 Å². The molecule has 2 unspecified atom stereocenters. The summed E-state index contributed by atoms with van der Waals surface area (Å²) in [5.74, 6) is 0.468. The lowest BCUT2D eigenvalue weighted by Gasteiger charge is -2.18. The minimum Gasteiger partial charge on any atom is -0.382 e. The summed E-state index contributed by atoms with van der Waals surface area (Å²) < 4.78 is 0. The zero-order chi connectivity index (χ0) is 12.3. The summed E-state index contributed by atoms with van der Waals surface area (Å²) in [6.45, 7) is 2.30. The molecule has 1 amide bonds. The molecule has 2 rings (SSSR count). The van der Waals surface area contributed by atoms with Gasteiger partial charge in [-0.3, -0.25) is 4.79 Å². The summed E-state index contributed by atoms with van der Waals surface area (Å²) >= 11 is 0. The normalized spacial score (nSPS) is 23.6. The molecular weight excluding hydrogens is 212 g/mol. The summed E-state index contributed by atoms with van der Waals surface area (Å²) in [6.07, 6.45) is 4.21. The molecule has 2 atom stereocenters. The molecule has 1 fully saturated rings. The number of hydrogen-bond donors (Lipinski definition) is 2. The van der Waals surface area contributed by atoms with Gasteiger partial charge in [0.2, 0.25) is 5.91 Å². The van der Waals surface area contributed by atoms with Crippen LogP contribution < -0.4 is 11.1 Å². The highest BCUT2D eigenvalue weighted by molar-refractivity contribution is 5.76. The smallest absolute Gasteiger partial charge is 0.221 e. The first kappa shape index (κ1) is 12.0. The summed E-state index contributed by atoms with van der Waals surface area (Å²) in [5.41, 5.74) is 7.27. The Kier molecular flexibility index (Phi) is 3.67. The Hall–Kier alpha value is -1.51. The number of anilines is 1. The standard InChI is InChI=1S/C14H20N2O/c1-10-3-2-4-13(10)16-12-7-5-11(6-8-12)9-14(15)17/h5-8,10,13,16H,2-4,9H2,1H3,(H2,15,17). The predicted octanol–water partition coefficient (Wildman–Crippen LogP) is 2.31. The lowest BCUT2D eigenvalue weighted by molar-refractivity contribution is -0.117. The van der Waals surface area contributed by atoms with Gasteiger partial charge >= 0.3 is 0 Å². The Balaban J connectivity index is 1.95. The number of benzene rings is 1. The van der Waals surface area contributed by atoms with Gasteiger partial charge in [0.15, 0.2) is 0 Å². The van der Waals surface area contributed by atoms with E-state index in [9.17, 15) is 4.79 Å². The average molecular weight is 232 g/mol. The molecule has 3 N–H and O–H groups in total. The van der Waals surface area contributed by atoms with Crippen LogP contribution in [-0.4, -0.2) is 11.9 Å². The monoisotopic (exact) mass is 232 g/mol. The highest BCUT2D eigenvalue weighted by Gasteiger charge is 2.22. The Morgan fingerprint density at radius 3 is 2.59 bits per heavy atom. The van der Waals surface area contributed by atoms with Gasteiger partial charge in [-0.15, -0.1) is 0 Å². The average Bonchev–Trinajstić information content (AvgIpc) is 2.67. The highest BCUT2D eigenvalue weighted by Crippen LogP contribution is 2.27. The molecule has 0 spiro atoms. The fourth-order valence-corrected chi connectivity index (χ4v) is 2.49. The number of carbonyl (C=O) groups excluding carboxylic acids is 1. The lowest BCUT2D eigenvalue weighted by atomic mass is 10.1. The maximum absolute atomic E-state index is 10.8. The number of nitrogens with one attached hydrogen (secondary N) is 1. The number of carbonyl (C=O) groups is 1. The summed E-state index contributed by atoms with van der Waals surface area (Å²) in [4.78, 5) is 10.8. The SMILES string of the molecule is CC1CCCC1Nc1ccc(CC(N)=O)cc1. The van der Waals surface area contributed by atoms with Gasteiger partial charge in [0.05, 0.1) is 6.42 Å². The van der Waals surface area contributed by atoms with Crippen LogP contribution in [-0.2, 0) is 11.2 Å². The molecule has 1 aliphatic rings. The molecule has 1 aromatic carbocycles. The Bertz CT molecular complexity index is 386. The van der Waals surface area contributed by atoms with Crippen molar-refractivity contribution in [1.82, 2.24) is 0 Å². The summed E-state index contributed by atoms with van der Waals surface area (Å²) in [7, 11) is 0. The van der Waals surface area contributed by atoms with Gasteiger partial charge < -0.3 is 11.1 Å². The van der Waals surface area contributed by atoms with E-state index in [-0.39, 0.29) is 5.91 Å². The van der Waals surface area contributed by atoms with Gasteiger partial charge in [-0.2, -0.15) is 0 Å². The quantitative estimate of drug-likeness (QED) is 0.837. The molecule has 1 saturated carbocycles. The largest absolute Gasteiger partial charge is 0.382 e. The number of nitrogens with two attached hydrogens (primary N) is 1. The van der Waals surface area contributed by atoms with Crippen molar-refractivity contribution < 1.29 is 4.79 Å². The van der Waals surface area contributed by atoms with E-state index in [2.05, 4.69) is 12.2 Å². The fraction of sp³-hybridized carbons (Fsp3) is 0.500. The molecular formula is C14H20N2O. The van der Waals surface area contributed by atoms with Gasteiger partial charge in [-0.1, -0.05) is 25.5 Å². The minimum atomic E-state index is -0.282. The lowest BCUT2D eigenvalue weighted by Crippen LogP contribution is -2.21. The van der Waals surface area contributed by atoms with Crippen molar-refractivity contribution in [3.05, 3.63) is 29.8 Å². The molecule has 3 heteroatoms. The number of hydrogen-bond acceptors (Lipinski definition) is 2. The first-order valence-electron chi connectivity index (χ1n) is 6.29. The van der Waals surface area contributed by atoms with Gasteiger partial charge in [-0.25, -0.2) is 0 Å². The Labute approximate surface area is 102 Å². The molecule has 1 aromatic rings. The van der Waals surface area contributed by atoms with Crippen molar-refractivity contribution in [2.45, 2.75) is 38.6 Å². The first-order chi connectivity index (χ1) is 8.15. The third kappa shape index (κ3) is 3.22. The third-order valence-electron chi connectivity index (χ3n) is 3.55. The van der Waals surface area contributed by atoms with Crippen LogP contribution in [0.25, 0.3) is 0 Å². The topological polar surface area (TPSA) is 55.1 Å². The van der Waals surface area contributed by atoms with Crippen molar-refractivity contribution in [2.75, 3.05) is 5.32 Å². The van der Waals surface area contributed by atoms with Crippen LogP contribution >= 0.6 is 0 Å². The van der Waals surface area contributed by atoms with Crippen LogP contribution in [0.15, 0.2) is 24.3 Å². The van der Waals surface area contributed by atoms with E-state index in [1.54, 1.807) is 0 Å². The zero-order valence-electron chi connectivity index (χ0n) is 10.3. The van der Waals surface area contributed by atoms with Crippen LogP contribution in [0.4, 0.5) is 5.69 Å². The van der Waals surface area contributed by atoms with Crippen molar-refractivity contribution >= 4 is 11.6 Å². The molecule has 3 nitrogen and oxygen atoms in total. The van der Waals surface area contributed by atoms with Crippen molar-refractivity contribution in [3.63, 3.8) is 0 Å². The van der Waals surface area contributed by atoms with Crippen LogP contribution in [0, 0.1) is 5.92 Å². The molecule has 0 heterocycles. The Morgan fingerprint density at radius 2 is 2.06 bits per heavy atom. The van der Waals surface area contributed by atoms with E-state index < -0.39 is 0 Å².